The highest BCUT2D eigenvalue weighted by Crippen LogP contribution is 2.35. The van der Waals surface area contributed by atoms with E-state index >= 15 is 0 Å². The van der Waals surface area contributed by atoms with Crippen LogP contribution in [0.4, 0.5) is 13.2 Å². The van der Waals surface area contributed by atoms with Crippen LogP contribution in [0.25, 0.3) is 10.9 Å². The first kappa shape index (κ1) is 21.1. The molecule has 0 spiro atoms. The number of nitrogens with zero attached hydrogens (tertiary/aromatic N) is 4. The van der Waals surface area contributed by atoms with Gasteiger partial charge in [-0.3, -0.25) is 9.79 Å². The number of aliphatic imine (C=N–C) groups is 1. The lowest BCUT2D eigenvalue weighted by Gasteiger charge is -2.10. The zero-order valence-corrected chi connectivity index (χ0v) is 16.2. The molecule has 3 rings (SSSR count). The maximum atomic E-state index is 13.0. The van der Waals surface area contributed by atoms with E-state index in [4.69, 9.17) is 11.6 Å². The highest BCUT2D eigenvalue weighted by molar-refractivity contribution is 6.53. The smallest absolute Gasteiger partial charge is 0.350 e. The molecule has 0 unspecified atom stereocenters. The lowest BCUT2D eigenvalue weighted by atomic mass is 10.0. The van der Waals surface area contributed by atoms with E-state index in [9.17, 15) is 28.5 Å². The second kappa shape index (κ2) is 8.02. The molecule has 150 valence electrons. The number of halogens is 4. The maximum Gasteiger partial charge on any atom is 0.417 e. The van der Waals surface area contributed by atoms with Crippen LogP contribution in [0.5, 0.6) is 0 Å². The first-order valence-corrected chi connectivity index (χ1v) is 8.88. The van der Waals surface area contributed by atoms with Gasteiger partial charge in [0.1, 0.15) is 6.07 Å². The van der Waals surface area contributed by atoms with Gasteiger partial charge in [0.2, 0.25) is 5.78 Å². The first-order chi connectivity index (χ1) is 14.2. The van der Waals surface area contributed by atoms with Gasteiger partial charge < -0.3 is 4.57 Å². The van der Waals surface area contributed by atoms with Gasteiger partial charge in [-0.2, -0.15) is 23.7 Å². The maximum absolute atomic E-state index is 13.0. The number of nitriles is 2. The van der Waals surface area contributed by atoms with Gasteiger partial charge in [0.15, 0.2) is 5.71 Å². The van der Waals surface area contributed by atoms with Gasteiger partial charge in [0.25, 0.3) is 0 Å². The molecule has 0 aliphatic carbocycles. The van der Waals surface area contributed by atoms with Crippen molar-refractivity contribution in [2.75, 3.05) is 0 Å². The number of hydrogen-bond acceptors (Lipinski definition) is 4. The number of aryl methyl sites for hydroxylation is 1. The van der Waals surface area contributed by atoms with Crippen molar-refractivity contribution in [1.82, 2.24) is 4.57 Å². The van der Waals surface area contributed by atoms with Crippen molar-refractivity contribution in [3.63, 3.8) is 0 Å². The van der Waals surface area contributed by atoms with Gasteiger partial charge in [-0.1, -0.05) is 23.7 Å². The second-order valence-corrected chi connectivity index (χ2v) is 6.79. The third-order valence-corrected chi connectivity index (χ3v) is 4.79. The fourth-order valence-corrected chi connectivity index (χ4v) is 3.28. The minimum absolute atomic E-state index is 0.122. The Morgan fingerprint density at radius 2 is 1.97 bits per heavy atom. The Bertz CT molecular complexity index is 1280. The summed E-state index contributed by atoms with van der Waals surface area (Å²) in [6.45, 7) is -0.315. The first-order valence-electron chi connectivity index (χ1n) is 8.50. The number of alkyl halides is 3. The van der Waals surface area contributed by atoms with E-state index in [2.05, 4.69) is 4.99 Å². The molecule has 0 amide bonds. The summed E-state index contributed by atoms with van der Waals surface area (Å²) in [7, 11) is 1.69. The fourth-order valence-electron chi connectivity index (χ4n) is 3.05. The number of ketones is 1. The van der Waals surface area contributed by atoms with E-state index < -0.39 is 28.3 Å². The van der Waals surface area contributed by atoms with Crippen molar-refractivity contribution >= 4 is 34.0 Å². The SMILES string of the molecule is Cn1cc(C(=O)C(C#N)=NCc2ccc(Cl)c(C(F)(F)F)c2)c2c(C#N)cccc21. The van der Waals surface area contributed by atoms with Crippen molar-refractivity contribution in [1.29, 1.82) is 10.5 Å². The number of hydrogen-bond donors (Lipinski definition) is 0. The van der Waals surface area contributed by atoms with Crippen LogP contribution in [-0.2, 0) is 19.8 Å². The Morgan fingerprint density at radius 3 is 2.60 bits per heavy atom. The Morgan fingerprint density at radius 1 is 1.23 bits per heavy atom. The van der Waals surface area contributed by atoms with Gasteiger partial charge in [0.05, 0.1) is 34.3 Å². The van der Waals surface area contributed by atoms with Crippen LogP contribution in [0.3, 0.4) is 0 Å². The summed E-state index contributed by atoms with van der Waals surface area (Å²) in [5, 5.41) is 18.7. The van der Waals surface area contributed by atoms with Crippen LogP contribution >= 0.6 is 11.6 Å². The summed E-state index contributed by atoms with van der Waals surface area (Å²) in [5.74, 6) is -0.712. The van der Waals surface area contributed by atoms with E-state index in [0.29, 0.717) is 10.9 Å². The van der Waals surface area contributed by atoms with Gasteiger partial charge in [-0.05, 0) is 29.8 Å². The van der Waals surface area contributed by atoms with Crippen LogP contribution in [0.2, 0.25) is 5.02 Å². The molecule has 2 aromatic carbocycles. The van der Waals surface area contributed by atoms with E-state index in [1.54, 1.807) is 35.9 Å². The Balaban J connectivity index is 1.99. The molecular formula is C21H12ClF3N4O. The molecule has 0 atom stereocenters. The molecule has 0 radical (unpaired) electrons. The Hall–Kier alpha value is -3.62. The highest BCUT2D eigenvalue weighted by atomic mass is 35.5. The minimum atomic E-state index is -4.64. The molecule has 9 heteroatoms. The highest BCUT2D eigenvalue weighted by Gasteiger charge is 2.33. The average molecular weight is 429 g/mol. The molecule has 0 aliphatic heterocycles. The monoisotopic (exact) mass is 428 g/mol. The van der Waals surface area contributed by atoms with Crippen molar-refractivity contribution in [2.45, 2.75) is 12.7 Å². The second-order valence-electron chi connectivity index (χ2n) is 6.38. The van der Waals surface area contributed by atoms with Gasteiger partial charge in [-0.25, -0.2) is 0 Å². The molecule has 0 saturated carbocycles. The molecular weight excluding hydrogens is 417 g/mol. The number of carbonyl (C=O) groups excluding carboxylic acids is 1. The molecule has 0 aliphatic rings. The van der Waals surface area contributed by atoms with Crippen LogP contribution in [0.1, 0.15) is 27.0 Å². The van der Waals surface area contributed by atoms with E-state index in [1.807, 2.05) is 6.07 Å². The van der Waals surface area contributed by atoms with Crippen LogP contribution < -0.4 is 0 Å². The lowest BCUT2D eigenvalue weighted by Crippen LogP contribution is -2.13. The number of carbonyl (C=O) groups is 1. The summed E-state index contributed by atoms with van der Waals surface area (Å²) in [5.41, 5.74) is -0.336. The number of aromatic nitrogens is 1. The predicted molar refractivity (Wildman–Crippen MR) is 105 cm³/mol. The van der Waals surface area contributed by atoms with Crippen molar-refractivity contribution in [3.8, 4) is 12.1 Å². The Kier molecular flexibility index (Phi) is 5.64. The predicted octanol–water partition coefficient (Wildman–Crippen LogP) is 5.07. The minimum Gasteiger partial charge on any atom is -0.350 e. The summed E-state index contributed by atoms with van der Waals surface area (Å²) in [6, 6.07) is 11.9. The van der Waals surface area contributed by atoms with Gasteiger partial charge in [0, 0.05) is 24.1 Å². The van der Waals surface area contributed by atoms with E-state index in [-0.39, 0.29) is 23.2 Å². The summed E-state index contributed by atoms with van der Waals surface area (Å²) >= 11 is 5.60. The zero-order chi connectivity index (χ0) is 22.1. The van der Waals surface area contributed by atoms with E-state index in [1.165, 1.54) is 12.3 Å². The molecule has 1 heterocycles. The molecule has 0 N–H and O–H groups in total. The lowest BCUT2D eigenvalue weighted by molar-refractivity contribution is -0.137. The largest absolute Gasteiger partial charge is 0.417 e. The van der Waals surface area contributed by atoms with Crippen molar-refractivity contribution in [3.05, 3.63) is 69.9 Å². The molecule has 30 heavy (non-hydrogen) atoms. The third-order valence-electron chi connectivity index (χ3n) is 4.46. The molecule has 3 aromatic rings. The Labute approximate surface area is 174 Å². The van der Waals surface area contributed by atoms with Gasteiger partial charge in [-0.15, -0.1) is 0 Å². The molecule has 5 nitrogen and oxygen atoms in total. The van der Waals surface area contributed by atoms with Gasteiger partial charge >= 0.3 is 6.18 Å². The molecule has 0 bridgehead atoms. The number of Topliss-reactive ketones (excluding diaryl/α,β-unsaturated/α-hetero) is 1. The molecule has 0 saturated heterocycles. The quantitative estimate of drug-likeness (QED) is 0.429. The number of benzene rings is 2. The number of rotatable bonds is 4. The standard InChI is InChI=1S/C21H12ClF3N4O/c1-29-11-14(19-13(8-26)3-2-4-18(19)29)20(30)17(9-27)28-10-12-5-6-16(22)15(7-12)21(23,24)25/h2-7,11H,10H2,1H3. The van der Waals surface area contributed by atoms with Crippen molar-refractivity contribution in [2.24, 2.45) is 12.0 Å². The van der Waals surface area contributed by atoms with Crippen LogP contribution in [0, 0.1) is 22.7 Å². The number of fused-ring (bicyclic) bond motifs is 1. The van der Waals surface area contributed by atoms with E-state index in [0.717, 1.165) is 12.1 Å². The average Bonchev–Trinajstić information content (AvgIpc) is 3.05. The summed E-state index contributed by atoms with van der Waals surface area (Å²) in [6.07, 6.45) is -3.15. The van der Waals surface area contributed by atoms with Crippen molar-refractivity contribution < 1.29 is 18.0 Å². The normalized spacial score (nSPS) is 11.9. The molecule has 0 fully saturated rings. The topological polar surface area (TPSA) is 81.9 Å². The third kappa shape index (κ3) is 3.91. The van der Waals surface area contributed by atoms with Crippen LogP contribution in [-0.4, -0.2) is 16.1 Å². The zero-order valence-electron chi connectivity index (χ0n) is 15.5. The van der Waals surface area contributed by atoms with Crippen LogP contribution in [0.15, 0.2) is 47.6 Å². The summed E-state index contributed by atoms with van der Waals surface area (Å²) in [4.78, 5) is 16.8. The fraction of sp³-hybridized carbons (Fsp3) is 0.143. The summed E-state index contributed by atoms with van der Waals surface area (Å²) < 4.78 is 40.7. The molecule has 1 aromatic heterocycles.